The Bertz CT molecular complexity index is 521. The van der Waals surface area contributed by atoms with Crippen molar-refractivity contribution in [3.05, 3.63) is 34.9 Å². The van der Waals surface area contributed by atoms with Crippen molar-refractivity contribution in [2.75, 3.05) is 0 Å². The van der Waals surface area contributed by atoms with Crippen LogP contribution in [0.1, 0.15) is 38.3 Å². The van der Waals surface area contributed by atoms with Gasteiger partial charge in [-0.05, 0) is 44.4 Å². The van der Waals surface area contributed by atoms with Gasteiger partial charge in [0.1, 0.15) is 0 Å². The van der Waals surface area contributed by atoms with Gasteiger partial charge in [-0.1, -0.05) is 23.7 Å². The Labute approximate surface area is 118 Å². The summed E-state index contributed by atoms with van der Waals surface area (Å²) < 4.78 is 0. The molecular weight excluding hydrogens is 260 g/mol. The van der Waals surface area contributed by atoms with Crippen molar-refractivity contribution in [1.29, 1.82) is 5.26 Å². The van der Waals surface area contributed by atoms with Crippen LogP contribution in [0.15, 0.2) is 24.3 Å². The first-order valence-electron chi connectivity index (χ1n) is 6.39. The van der Waals surface area contributed by atoms with Crippen molar-refractivity contribution >= 4 is 18.0 Å². The van der Waals surface area contributed by atoms with E-state index in [1.807, 2.05) is 38.1 Å². The molecule has 0 N–H and O–H groups in total. The molecule has 2 unspecified atom stereocenters. The molecule has 1 heterocycles. The van der Waals surface area contributed by atoms with Gasteiger partial charge in [-0.25, -0.2) is 0 Å². The summed E-state index contributed by atoms with van der Waals surface area (Å²) in [7, 11) is 0. The van der Waals surface area contributed by atoms with Crippen molar-refractivity contribution in [1.82, 2.24) is 4.90 Å². The van der Waals surface area contributed by atoms with Crippen LogP contribution in [0.2, 0.25) is 5.02 Å². The molecular formula is C15H17ClN2O. The Kier molecular flexibility index (Phi) is 3.82. The van der Waals surface area contributed by atoms with Crippen LogP contribution in [0.5, 0.6) is 0 Å². The zero-order valence-electron chi connectivity index (χ0n) is 11.1. The van der Waals surface area contributed by atoms with E-state index in [0.29, 0.717) is 5.02 Å². The zero-order chi connectivity index (χ0) is 14.0. The smallest absolute Gasteiger partial charge is 0.210 e. The lowest BCUT2D eigenvalue weighted by Gasteiger charge is -2.33. The van der Waals surface area contributed by atoms with Crippen molar-refractivity contribution in [2.24, 2.45) is 5.41 Å². The number of rotatable bonds is 3. The molecule has 0 radical (unpaired) electrons. The third-order valence-corrected chi connectivity index (χ3v) is 4.14. The summed E-state index contributed by atoms with van der Waals surface area (Å²) in [6, 6.07) is 9.87. The van der Waals surface area contributed by atoms with E-state index in [2.05, 4.69) is 6.07 Å². The van der Waals surface area contributed by atoms with Gasteiger partial charge >= 0.3 is 0 Å². The van der Waals surface area contributed by atoms with Crippen molar-refractivity contribution in [3.8, 4) is 6.07 Å². The van der Waals surface area contributed by atoms with E-state index in [9.17, 15) is 10.1 Å². The molecule has 0 spiro atoms. The van der Waals surface area contributed by atoms with Crippen LogP contribution in [-0.4, -0.2) is 17.4 Å². The molecule has 100 valence electrons. The predicted molar refractivity (Wildman–Crippen MR) is 74.5 cm³/mol. The Balaban J connectivity index is 2.31. The lowest BCUT2D eigenvalue weighted by atomic mass is 9.85. The predicted octanol–water partition coefficient (Wildman–Crippen LogP) is 3.55. The summed E-state index contributed by atoms with van der Waals surface area (Å²) in [4.78, 5) is 13.2. The van der Waals surface area contributed by atoms with Crippen molar-refractivity contribution in [3.63, 3.8) is 0 Å². The van der Waals surface area contributed by atoms with Gasteiger partial charge in [0.05, 0.1) is 23.6 Å². The van der Waals surface area contributed by atoms with Gasteiger partial charge in [0.25, 0.3) is 0 Å². The molecule has 0 bridgehead atoms. The molecule has 2 atom stereocenters. The first-order valence-corrected chi connectivity index (χ1v) is 6.77. The fourth-order valence-corrected chi connectivity index (χ4v) is 3.04. The Morgan fingerprint density at radius 2 is 2.21 bits per heavy atom. The number of nitrogens with zero attached hydrogens (tertiary/aromatic N) is 2. The number of amides is 1. The van der Waals surface area contributed by atoms with Gasteiger partial charge in [0.2, 0.25) is 6.41 Å². The monoisotopic (exact) mass is 276 g/mol. The van der Waals surface area contributed by atoms with E-state index in [0.717, 1.165) is 24.8 Å². The Morgan fingerprint density at radius 1 is 1.47 bits per heavy atom. The van der Waals surface area contributed by atoms with Gasteiger partial charge in [0.15, 0.2) is 0 Å². The molecule has 3 nitrogen and oxygen atoms in total. The first kappa shape index (κ1) is 13.9. The molecule has 1 aromatic rings. The molecule has 2 rings (SSSR count). The maximum atomic E-state index is 11.4. The number of benzene rings is 1. The van der Waals surface area contributed by atoms with E-state index in [-0.39, 0.29) is 12.1 Å². The second kappa shape index (κ2) is 5.22. The summed E-state index contributed by atoms with van der Waals surface area (Å²) >= 11 is 6.01. The molecule has 0 aliphatic carbocycles. The molecule has 1 aliphatic rings. The second-order valence-electron chi connectivity index (χ2n) is 5.55. The maximum absolute atomic E-state index is 11.4. The van der Waals surface area contributed by atoms with Crippen molar-refractivity contribution in [2.45, 2.75) is 38.8 Å². The highest BCUT2D eigenvalue weighted by Crippen LogP contribution is 2.42. The molecule has 1 fully saturated rings. The summed E-state index contributed by atoms with van der Waals surface area (Å²) in [5.74, 6) is 0. The van der Waals surface area contributed by atoms with Crippen LogP contribution in [0.4, 0.5) is 0 Å². The van der Waals surface area contributed by atoms with Gasteiger partial charge in [-0.15, -0.1) is 0 Å². The largest absolute Gasteiger partial charge is 0.334 e. The standard InChI is InChI=1S/C15H17ClN2O/c1-15(2,9-17)14-7-6-13(18(14)10-19)11-4-3-5-12(16)8-11/h3-5,8,10,13-14H,6-7H2,1-2H3. The molecule has 0 saturated carbocycles. The van der Waals surface area contributed by atoms with E-state index in [1.54, 1.807) is 4.90 Å². The topological polar surface area (TPSA) is 44.1 Å². The normalized spacial score (nSPS) is 23.2. The average Bonchev–Trinajstić information content (AvgIpc) is 2.83. The molecule has 1 aliphatic heterocycles. The Morgan fingerprint density at radius 3 is 2.79 bits per heavy atom. The van der Waals surface area contributed by atoms with Gasteiger partial charge in [-0.3, -0.25) is 4.79 Å². The third-order valence-electron chi connectivity index (χ3n) is 3.91. The Hall–Kier alpha value is -1.53. The van der Waals surface area contributed by atoms with Gasteiger partial charge in [-0.2, -0.15) is 5.26 Å². The fourth-order valence-electron chi connectivity index (χ4n) is 2.84. The average molecular weight is 277 g/mol. The van der Waals surface area contributed by atoms with Crippen LogP contribution in [0.25, 0.3) is 0 Å². The molecule has 19 heavy (non-hydrogen) atoms. The fraction of sp³-hybridized carbons (Fsp3) is 0.467. The number of nitriles is 1. The summed E-state index contributed by atoms with van der Waals surface area (Å²) in [6.07, 6.45) is 2.58. The molecule has 4 heteroatoms. The minimum atomic E-state index is -0.533. The zero-order valence-corrected chi connectivity index (χ0v) is 11.9. The SMILES string of the molecule is CC(C)(C#N)C1CCC(c2cccc(Cl)c2)N1C=O. The van der Waals surface area contributed by atoms with Crippen LogP contribution in [-0.2, 0) is 4.79 Å². The third kappa shape index (κ3) is 2.59. The first-order chi connectivity index (χ1) is 8.99. The van der Waals surface area contributed by atoms with Crippen LogP contribution in [0.3, 0.4) is 0 Å². The lowest BCUT2D eigenvalue weighted by Crippen LogP contribution is -2.40. The second-order valence-corrected chi connectivity index (χ2v) is 5.99. The minimum absolute atomic E-state index is 0.0221. The number of halogens is 1. The highest BCUT2D eigenvalue weighted by Gasteiger charge is 2.42. The molecule has 1 aromatic carbocycles. The number of likely N-dealkylation sites (tertiary alicyclic amines) is 1. The van der Waals surface area contributed by atoms with E-state index in [4.69, 9.17) is 11.6 Å². The van der Waals surface area contributed by atoms with Gasteiger partial charge in [0, 0.05) is 5.02 Å². The highest BCUT2D eigenvalue weighted by atomic mass is 35.5. The summed E-state index contributed by atoms with van der Waals surface area (Å²) in [6.45, 7) is 3.77. The van der Waals surface area contributed by atoms with Gasteiger partial charge < -0.3 is 4.90 Å². The van der Waals surface area contributed by atoms with Crippen LogP contribution < -0.4 is 0 Å². The number of hydrogen-bond acceptors (Lipinski definition) is 2. The van der Waals surface area contributed by atoms with Crippen LogP contribution >= 0.6 is 11.6 Å². The minimum Gasteiger partial charge on any atom is -0.334 e. The summed E-state index contributed by atoms with van der Waals surface area (Å²) in [5.41, 5.74) is 0.504. The summed E-state index contributed by atoms with van der Waals surface area (Å²) in [5, 5.41) is 9.93. The maximum Gasteiger partial charge on any atom is 0.210 e. The van der Waals surface area contributed by atoms with Crippen LogP contribution in [0, 0.1) is 16.7 Å². The highest BCUT2D eigenvalue weighted by molar-refractivity contribution is 6.30. The number of hydrogen-bond donors (Lipinski definition) is 0. The van der Waals surface area contributed by atoms with E-state index < -0.39 is 5.41 Å². The van der Waals surface area contributed by atoms with E-state index in [1.165, 1.54) is 0 Å². The van der Waals surface area contributed by atoms with E-state index >= 15 is 0 Å². The quantitative estimate of drug-likeness (QED) is 0.793. The molecule has 0 aromatic heterocycles. The molecule has 1 saturated heterocycles. The van der Waals surface area contributed by atoms with Crippen molar-refractivity contribution < 1.29 is 4.79 Å². The number of carbonyl (C=O) groups excluding carboxylic acids is 1. The lowest BCUT2D eigenvalue weighted by molar-refractivity contribution is -0.122. The number of carbonyl (C=O) groups is 1. The molecule has 1 amide bonds.